The molecule has 0 unspecified atom stereocenters. The molecule has 0 saturated heterocycles. The van der Waals surface area contributed by atoms with E-state index in [2.05, 4.69) is 161 Å². The lowest BCUT2D eigenvalue weighted by Crippen LogP contribution is -2.06. The molecule has 9 aromatic carbocycles. The van der Waals surface area contributed by atoms with Crippen LogP contribution in [-0.4, -0.2) is 24.1 Å². The second-order valence-corrected chi connectivity index (χ2v) is 15.1. The van der Waals surface area contributed by atoms with Crippen LogP contribution < -0.4 is 0 Å². The van der Waals surface area contributed by atoms with Crippen LogP contribution in [0.25, 0.3) is 122 Å². The fraction of sp³-hybridized carbons (Fsp3) is 0. The molecule has 0 atom stereocenters. The van der Waals surface area contributed by atoms with Crippen molar-refractivity contribution in [1.29, 1.82) is 0 Å². The number of nitrogens with zero attached hydrogens (tertiary/aromatic N) is 5. The van der Waals surface area contributed by atoms with Crippen molar-refractivity contribution in [2.45, 2.75) is 0 Å². The normalized spacial score (nSPS) is 12.1. The Balaban J connectivity index is 1.21. The van der Waals surface area contributed by atoms with Crippen LogP contribution in [0.1, 0.15) is 0 Å². The SMILES string of the molecule is c1ccc(-c2nc(-c3ccc4c(c3)oc3ccccc34)nc(-n3c4ccc5c(c6ccccc6n5-c5ccccc5)c4c4c5ccccc5c5ccccc5c43)n2)cc1. The molecule has 0 bridgehead atoms. The highest BCUT2D eigenvalue weighted by Crippen LogP contribution is 2.47. The summed E-state index contributed by atoms with van der Waals surface area (Å²) in [4.78, 5) is 15.9. The van der Waals surface area contributed by atoms with E-state index in [1.165, 1.54) is 32.3 Å². The first kappa shape index (κ1) is 32.0. The van der Waals surface area contributed by atoms with E-state index < -0.39 is 0 Å². The summed E-state index contributed by atoms with van der Waals surface area (Å²) in [5, 5.41) is 11.6. The van der Waals surface area contributed by atoms with Gasteiger partial charge in [0.2, 0.25) is 5.95 Å². The molecule has 6 heteroatoms. The van der Waals surface area contributed by atoms with E-state index >= 15 is 0 Å². The average Bonchev–Trinajstić information content (AvgIpc) is 3.97. The summed E-state index contributed by atoms with van der Waals surface area (Å²) in [7, 11) is 0. The number of furan rings is 1. The van der Waals surface area contributed by atoms with E-state index in [0.29, 0.717) is 17.6 Å². The number of hydrogen-bond donors (Lipinski definition) is 0. The summed E-state index contributed by atoms with van der Waals surface area (Å²) in [6.45, 7) is 0. The zero-order chi connectivity index (χ0) is 38.6. The van der Waals surface area contributed by atoms with Crippen molar-refractivity contribution in [3.8, 4) is 34.4 Å². The molecular formula is C53H31N5O. The summed E-state index contributed by atoms with van der Waals surface area (Å²) < 4.78 is 11.0. The molecule has 59 heavy (non-hydrogen) atoms. The second-order valence-electron chi connectivity index (χ2n) is 15.1. The average molecular weight is 754 g/mol. The minimum absolute atomic E-state index is 0.546. The van der Waals surface area contributed by atoms with Crippen LogP contribution >= 0.6 is 0 Å². The Bertz CT molecular complexity index is 3840. The summed E-state index contributed by atoms with van der Waals surface area (Å²) >= 11 is 0. The molecule has 4 aromatic heterocycles. The van der Waals surface area contributed by atoms with Crippen molar-refractivity contribution in [3.05, 3.63) is 188 Å². The van der Waals surface area contributed by atoms with Crippen molar-refractivity contribution >= 4 is 87.1 Å². The molecule has 0 fully saturated rings. The van der Waals surface area contributed by atoms with Gasteiger partial charge in [0.05, 0.1) is 22.1 Å². The second kappa shape index (κ2) is 12.2. The molecule has 0 spiro atoms. The predicted octanol–water partition coefficient (Wildman–Crippen LogP) is 13.6. The van der Waals surface area contributed by atoms with Crippen molar-refractivity contribution in [2.24, 2.45) is 0 Å². The van der Waals surface area contributed by atoms with Gasteiger partial charge in [0, 0.05) is 54.5 Å². The number of hydrogen-bond acceptors (Lipinski definition) is 4. The van der Waals surface area contributed by atoms with E-state index in [9.17, 15) is 0 Å². The molecule has 0 amide bonds. The molecule has 0 aliphatic carbocycles. The molecule has 4 heterocycles. The van der Waals surface area contributed by atoms with Crippen LogP contribution in [0, 0.1) is 0 Å². The third kappa shape index (κ3) is 4.59. The highest BCUT2D eigenvalue weighted by atomic mass is 16.3. The molecule has 0 radical (unpaired) electrons. The van der Waals surface area contributed by atoms with Gasteiger partial charge in [-0.3, -0.25) is 4.57 Å². The Labute approximate surface area is 336 Å². The molecule has 0 aliphatic rings. The summed E-state index contributed by atoms with van der Waals surface area (Å²) in [6, 6.07) is 66.0. The molecule has 13 rings (SSSR count). The van der Waals surface area contributed by atoms with Crippen LogP contribution in [0.2, 0.25) is 0 Å². The van der Waals surface area contributed by atoms with Crippen LogP contribution in [0.3, 0.4) is 0 Å². The van der Waals surface area contributed by atoms with Crippen LogP contribution in [0.4, 0.5) is 0 Å². The van der Waals surface area contributed by atoms with Crippen LogP contribution in [-0.2, 0) is 0 Å². The Kier molecular flexibility index (Phi) is 6.63. The van der Waals surface area contributed by atoms with Gasteiger partial charge >= 0.3 is 0 Å². The van der Waals surface area contributed by atoms with Gasteiger partial charge < -0.3 is 8.98 Å². The first-order valence-corrected chi connectivity index (χ1v) is 19.9. The number of fused-ring (bicyclic) bond motifs is 15. The van der Waals surface area contributed by atoms with Crippen molar-refractivity contribution in [1.82, 2.24) is 24.1 Å². The number of benzene rings is 9. The van der Waals surface area contributed by atoms with Gasteiger partial charge in [-0.05, 0) is 64.7 Å². The fourth-order valence-corrected chi connectivity index (χ4v) is 9.46. The maximum Gasteiger partial charge on any atom is 0.238 e. The highest BCUT2D eigenvalue weighted by Gasteiger charge is 2.26. The maximum atomic E-state index is 6.37. The molecule has 0 saturated carbocycles. The van der Waals surface area contributed by atoms with Gasteiger partial charge in [0.15, 0.2) is 11.6 Å². The molecule has 6 nitrogen and oxygen atoms in total. The van der Waals surface area contributed by atoms with Crippen molar-refractivity contribution in [3.63, 3.8) is 0 Å². The number of para-hydroxylation sites is 3. The molecule has 0 aliphatic heterocycles. The minimum Gasteiger partial charge on any atom is -0.456 e. The van der Waals surface area contributed by atoms with Gasteiger partial charge in [-0.25, -0.2) is 4.98 Å². The topological polar surface area (TPSA) is 61.7 Å². The standard InChI is InChI=1S/C53H31N5O/c1-3-15-32(16-4-1)51-54-52(33-27-28-38-37-21-12-14-26-45(37)59-46(38)31-33)56-53(55-51)58-44-30-29-43-47(41-24-11-13-25-42(41)57(43)34-17-5-2-6-18-34)49(44)48-39-22-9-7-19-35(39)36-20-8-10-23-40(36)50(48)58/h1-31H. The van der Waals surface area contributed by atoms with Crippen LogP contribution in [0.15, 0.2) is 192 Å². The lowest BCUT2D eigenvalue weighted by atomic mass is 9.95. The molecule has 274 valence electrons. The summed E-state index contributed by atoms with van der Waals surface area (Å²) in [6.07, 6.45) is 0. The number of aromatic nitrogens is 5. The quantitative estimate of drug-likeness (QED) is 0.168. The first-order chi connectivity index (χ1) is 29.3. The van der Waals surface area contributed by atoms with Gasteiger partial charge in [0.1, 0.15) is 11.2 Å². The van der Waals surface area contributed by atoms with E-state index in [1.807, 2.05) is 36.4 Å². The van der Waals surface area contributed by atoms with E-state index in [-0.39, 0.29) is 0 Å². The van der Waals surface area contributed by atoms with Crippen LogP contribution in [0.5, 0.6) is 0 Å². The first-order valence-electron chi connectivity index (χ1n) is 19.9. The molecule has 0 N–H and O–H groups in total. The fourth-order valence-electron chi connectivity index (χ4n) is 9.46. The van der Waals surface area contributed by atoms with E-state index in [1.54, 1.807) is 0 Å². The molecule has 13 aromatic rings. The number of rotatable bonds is 4. The highest BCUT2D eigenvalue weighted by molar-refractivity contribution is 6.38. The lowest BCUT2D eigenvalue weighted by Gasteiger charge is -2.13. The third-order valence-corrected chi connectivity index (χ3v) is 11.9. The zero-order valence-corrected chi connectivity index (χ0v) is 31.5. The maximum absolute atomic E-state index is 6.37. The van der Waals surface area contributed by atoms with Gasteiger partial charge in [-0.2, -0.15) is 9.97 Å². The largest absolute Gasteiger partial charge is 0.456 e. The summed E-state index contributed by atoms with van der Waals surface area (Å²) in [5.41, 5.74) is 8.89. The Morgan fingerprint density at radius 2 is 0.915 bits per heavy atom. The van der Waals surface area contributed by atoms with Gasteiger partial charge in [0.25, 0.3) is 0 Å². The van der Waals surface area contributed by atoms with E-state index in [4.69, 9.17) is 19.4 Å². The lowest BCUT2D eigenvalue weighted by molar-refractivity contribution is 0.669. The predicted molar refractivity (Wildman–Crippen MR) is 242 cm³/mol. The van der Waals surface area contributed by atoms with Crippen molar-refractivity contribution in [2.75, 3.05) is 0 Å². The smallest absolute Gasteiger partial charge is 0.238 e. The van der Waals surface area contributed by atoms with E-state index in [0.717, 1.165) is 71.6 Å². The Morgan fingerprint density at radius 1 is 0.339 bits per heavy atom. The van der Waals surface area contributed by atoms with Crippen molar-refractivity contribution < 1.29 is 4.42 Å². The minimum atomic E-state index is 0.546. The van der Waals surface area contributed by atoms with Gasteiger partial charge in [-0.1, -0.05) is 140 Å². The summed E-state index contributed by atoms with van der Waals surface area (Å²) in [5.74, 6) is 1.71. The Morgan fingerprint density at radius 3 is 1.69 bits per heavy atom. The Hall–Kier alpha value is -8.09. The monoisotopic (exact) mass is 753 g/mol. The molecular weight excluding hydrogens is 723 g/mol. The third-order valence-electron chi connectivity index (χ3n) is 11.9. The van der Waals surface area contributed by atoms with Gasteiger partial charge in [-0.15, -0.1) is 0 Å². The zero-order valence-electron chi connectivity index (χ0n) is 31.5.